The zero-order valence-electron chi connectivity index (χ0n) is 10.8. The number of nitrogens with two attached hydrogens (primary N) is 1. The molecule has 0 spiro atoms. The average Bonchev–Trinajstić information content (AvgIpc) is 2.42. The van der Waals surface area contributed by atoms with Crippen molar-refractivity contribution in [2.45, 2.75) is 18.9 Å². The molecule has 20 heavy (non-hydrogen) atoms. The van der Waals surface area contributed by atoms with E-state index in [9.17, 15) is 10.1 Å². The van der Waals surface area contributed by atoms with Crippen LogP contribution in [-0.4, -0.2) is 11.0 Å². The molecule has 0 bridgehead atoms. The van der Waals surface area contributed by atoms with Crippen LogP contribution in [0.25, 0.3) is 0 Å². The molecule has 0 radical (unpaired) electrons. The van der Waals surface area contributed by atoms with Crippen LogP contribution in [0.3, 0.4) is 0 Å². The lowest BCUT2D eigenvalue weighted by Gasteiger charge is -2.12. The highest BCUT2D eigenvalue weighted by molar-refractivity contribution is 6.31. The normalized spacial score (nSPS) is 12.1. The fourth-order valence-electron chi connectivity index (χ4n) is 2.09. The molecular weight excluding hydrogens is 276 g/mol. The maximum Gasteiger partial charge on any atom is 0.270 e. The molecule has 2 aromatic carbocycles. The standard InChI is InChI=1S/C15H15ClN2O2/c16-15-10-14(18(19)20)7-6-12(15)9-13(17)8-11-4-2-1-3-5-11/h1-7,10,13H,8-9,17H2. The highest BCUT2D eigenvalue weighted by Gasteiger charge is 2.12. The van der Waals surface area contributed by atoms with Gasteiger partial charge in [0.15, 0.2) is 0 Å². The molecule has 0 aromatic heterocycles. The van der Waals surface area contributed by atoms with E-state index in [-0.39, 0.29) is 11.7 Å². The molecule has 5 heteroatoms. The Labute approximate surface area is 122 Å². The summed E-state index contributed by atoms with van der Waals surface area (Å²) >= 11 is 6.06. The summed E-state index contributed by atoms with van der Waals surface area (Å²) in [5.74, 6) is 0. The average molecular weight is 291 g/mol. The largest absolute Gasteiger partial charge is 0.327 e. The van der Waals surface area contributed by atoms with Crippen LogP contribution in [0.4, 0.5) is 5.69 Å². The van der Waals surface area contributed by atoms with E-state index < -0.39 is 4.92 Å². The molecule has 2 rings (SSSR count). The van der Waals surface area contributed by atoms with Crippen LogP contribution in [0.15, 0.2) is 48.5 Å². The number of benzene rings is 2. The van der Waals surface area contributed by atoms with Gasteiger partial charge in [-0.05, 0) is 24.0 Å². The molecule has 104 valence electrons. The molecular formula is C15H15ClN2O2. The Hall–Kier alpha value is -1.91. The Morgan fingerprint density at radius 1 is 1.15 bits per heavy atom. The molecule has 1 unspecified atom stereocenters. The lowest BCUT2D eigenvalue weighted by molar-refractivity contribution is -0.384. The van der Waals surface area contributed by atoms with Gasteiger partial charge >= 0.3 is 0 Å². The van der Waals surface area contributed by atoms with Crippen molar-refractivity contribution in [1.29, 1.82) is 0 Å². The number of hydrogen-bond donors (Lipinski definition) is 1. The van der Waals surface area contributed by atoms with Gasteiger partial charge in [0, 0.05) is 18.2 Å². The van der Waals surface area contributed by atoms with E-state index in [1.54, 1.807) is 6.07 Å². The van der Waals surface area contributed by atoms with E-state index in [2.05, 4.69) is 0 Å². The predicted octanol–water partition coefficient (Wildman–Crippen LogP) is 3.36. The number of halogens is 1. The Bertz CT molecular complexity index is 602. The summed E-state index contributed by atoms with van der Waals surface area (Å²) in [7, 11) is 0. The van der Waals surface area contributed by atoms with Gasteiger partial charge in [-0.2, -0.15) is 0 Å². The second-order valence-corrected chi connectivity index (χ2v) is 5.09. The zero-order chi connectivity index (χ0) is 14.5. The maximum absolute atomic E-state index is 10.7. The molecule has 4 nitrogen and oxygen atoms in total. The first-order valence-corrected chi connectivity index (χ1v) is 6.66. The van der Waals surface area contributed by atoms with Crippen LogP contribution in [0.2, 0.25) is 5.02 Å². The molecule has 1 atom stereocenters. The highest BCUT2D eigenvalue weighted by Crippen LogP contribution is 2.23. The highest BCUT2D eigenvalue weighted by atomic mass is 35.5. The van der Waals surface area contributed by atoms with Crippen molar-refractivity contribution in [3.8, 4) is 0 Å². The van der Waals surface area contributed by atoms with Crippen molar-refractivity contribution < 1.29 is 4.92 Å². The Kier molecular flexibility index (Phi) is 4.71. The van der Waals surface area contributed by atoms with Gasteiger partial charge in [0.05, 0.1) is 9.95 Å². The van der Waals surface area contributed by atoms with Crippen LogP contribution >= 0.6 is 11.6 Å². The van der Waals surface area contributed by atoms with Crippen LogP contribution < -0.4 is 5.73 Å². The minimum Gasteiger partial charge on any atom is -0.327 e. The second kappa shape index (κ2) is 6.50. The SMILES string of the molecule is NC(Cc1ccccc1)Cc1ccc([N+](=O)[O-])cc1Cl. The van der Waals surface area contributed by atoms with E-state index >= 15 is 0 Å². The van der Waals surface area contributed by atoms with Crippen molar-refractivity contribution >= 4 is 17.3 Å². The van der Waals surface area contributed by atoms with E-state index in [0.717, 1.165) is 17.5 Å². The van der Waals surface area contributed by atoms with E-state index in [1.165, 1.54) is 12.1 Å². The number of hydrogen-bond acceptors (Lipinski definition) is 3. The number of nitro benzene ring substituents is 1. The number of non-ortho nitro benzene ring substituents is 1. The van der Waals surface area contributed by atoms with Gasteiger partial charge in [0.2, 0.25) is 0 Å². The smallest absolute Gasteiger partial charge is 0.270 e. The quantitative estimate of drug-likeness (QED) is 0.678. The summed E-state index contributed by atoms with van der Waals surface area (Å²) in [4.78, 5) is 10.2. The van der Waals surface area contributed by atoms with Crippen LogP contribution in [0.5, 0.6) is 0 Å². The molecule has 0 saturated carbocycles. The summed E-state index contributed by atoms with van der Waals surface area (Å²) in [6.07, 6.45) is 1.33. The summed E-state index contributed by atoms with van der Waals surface area (Å²) < 4.78 is 0. The first-order chi connectivity index (χ1) is 9.56. The van der Waals surface area contributed by atoms with Crippen LogP contribution in [-0.2, 0) is 12.8 Å². The topological polar surface area (TPSA) is 69.2 Å². The van der Waals surface area contributed by atoms with E-state index in [4.69, 9.17) is 17.3 Å². The summed E-state index contributed by atoms with van der Waals surface area (Å²) in [6, 6.07) is 14.4. The molecule has 2 aromatic rings. The van der Waals surface area contributed by atoms with Gasteiger partial charge in [-0.3, -0.25) is 10.1 Å². The second-order valence-electron chi connectivity index (χ2n) is 4.69. The fraction of sp³-hybridized carbons (Fsp3) is 0.200. The maximum atomic E-state index is 10.7. The van der Waals surface area contributed by atoms with Gasteiger partial charge in [-0.25, -0.2) is 0 Å². The molecule has 0 heterocycles. The Morgan fingerprint density at radius 2 is 1.85 bits per heavy atom. The van der Waals surface area contributed by atoms with Crippen molar-refractivity contribution in [2.24, 2.45) is 5.73 Å². The molecule has 0 aliphatic heterocycles. The fourth-order valence-corrected chi connectivity index (χ4v) is 2.34. The van der Waals surface area contributed by atoms with Crippen molar-refractivity contribution in [1.82, 2.24) is 0 Å². The Morgan fingerprint density at radius 3 is 2.45 bits per heavy atom. The lowest BCUT2D eigenvalue weighted by atomic mass is 9.99. The summed E-state index contributed by atoms with van der Waals surface area (Å²) in [6.45, 7) is 0. The van der Waals surface area contributed by atoms with Gasteiger partial charge in [-0.15, -0.1) is 0 Å². The third-order valence-electron chi connectivity index (χ3n) is 3.07. The first-order valence-electron chi connectivity index (χ1n) is 6.28. The molecule has 0 saturated heterocycles. The van der Waals surface area contributed by atoms with Gasteiger partial charge < -0.3 is 5.73 Å². The summed E-state index contributed by atoms with van der Waals surface area (Å²) in [5.41, 5.74) is 8.11. The summed E-state index contributed by atoms with van der Waals surface area (Å²) in [5, 5.41) is 11.0. The molecule has 0 aliphatic carbocycles. The third-order valence-corrected chi connectivity index (χ3v) is 3.42. The van der Waals surface area contributed by atoms with Crippen LogP contribution in [0.1, 0.15) is 11.1 Å². The number of nitro groups is 1. The van der Waals surface area contributed by atoms with Gasteiger partial charge in [0.1, 0.15) is 0 Å². The zero-order valence-corrected chi connectivity index (χ0v) is 11.6. The van der Waals surface area contributed by atoms with E-state index in [1.807, 2.05) is 30.3 Å². The molecule has 0 aliphatic rings. The monoisotopic (exact) mass is 290 g/mol. The first kappa shape index (κ1) is 14.5. The molecule has 2 N–H and O–H groups in total. The van der Waals surface area contributed by atoms with Crippen molar-refractivity contribution in [2.75, 3.05) is 0 Å². The number of nitrogens with zero attached hydrogens (tertiary/aromatic N) is 1. The lowest BCUT2D eigenvalue weighted by Crippen LogP contribution is -2.25. The Balaban J connectivity index is 2.04. The van der Waals surface area contributed by atoms with Gasteiger partial charge in [-0.1, -0.05) is 48.0 Å². The minimum absolute atomic E-state index is 0.00428. The van der Waals surface area contributed by atoms with Crippen molar-refractivity contribution in [3.63, 3.8) is 0 Å². The molecule has 0 amide bonds. The van der Waals surface area contributed by atoms with Crippen molar-refractivity contribution in [3.05, 3.63) is 74.8 Å². The van der Waals surface area contributed by atoms with E-state index in [0.29, 0.717) is 11.4 Å². The minimum atomic E-state index is -0.459. The predicted molar refractivity (Wildman–Crippen MR) is 79.9 cm³/mol. The number of rotatable bonds is 5. The van der Waals surface area contributed by atoms with Gasteiger partial charge in [0.25, 0.3) is 5.69 Å². The third kappa shape index (κ3) is 3.79. The van der Waals surface area contributed by atoms with Crippen LogP contribution in [0, 0.1) is 10.1 Å². The molecule has 0 fully saturated rings.